The van der Waals surface area contributed by atoms with E-state index in [-0.39, 0.29) is 5.41 Å². The predicted molar refractivity (Wildman–Crippen MR) is 99.4 cm³/mol. The lowest BCUT2D eigenvalue weighted by molar-refractivity contribution is 0.590. The molecule has 1 aromatic carbocycles. The van der Waals surface area contributed by atoms with Crippen molar-refractivity contribution in [2.45, 2.75) is 46.5 Å². The van der Waals surface area contributed by atoms with Crippen molar-refractivity contribution in [3.63, 3.8) is 0 Å². The first kappa shape index (κ1) is 16.2. The van der Waals surface area contributed by atoms with Gasteiger partial charge in [-0.3, -0.25) is 4.40 Å². The van der Waals surface area contributed by atoms with Gasteiger partial charge in [0.25, 0.3) is 0 Å². The summed E-state index contributed by atoms with van der Waals surface area (Å²) in [7, 11) is 0. The van der Waals surface area contributed by atoms with Crippen molar-refractivity contribution in [2.24, 2.45) is 5.73 Å². The second-order valence-corrected chi connectivity index (χ2v) is 8.32. The molecular weight excluding hydrogens is 302 g/mol. The molecule has 0 bridgehead atoms. The Morgan fingerprint density at radius 1 is 1.13 bits per heavy atom. The number of hydrogen-bond acceptors (Lipinski definition) is 3. The maximum Gasteiger partial charge on any atom is 0.194 e. The molecule has 0 fully saturated rings. The summed E-state index contributed by atoms with van der Waals surface area (Å²) in [6, 6.07) is 8.95. The van der Waals surface area contributed by atoms with Gasteiger partial charge < -0.3 is 5.73 Å². The largest absolute Gasteiger partial charge is 0.330 e. The Kier molecular flexibility index (Phi) is 4.07. The third kappa shape index (κ3) is 2.81. The van der Waals surface area contributed by atoms with E-state index in [0.717, 1.165) is 17.1 Å². The van der Waals surface area contributed by atoms with Gasteiger partial charge in [0, 0.05) is 17.0 Å². The Hall–Kier alpha value is -1.65. The predicted octanol–water partition coefficient (Wildman–Crippen LogP) is 4.48. The van der Waals surface area contributed by atoms with Crippen LogP contribution in [0.2, 0.25) is 0 Å². The van der Waals surface area contributed by atoms with Gasteiger partial charge in [0.1, 0.15) is 0 Å². The minimum absolute atomic E-state index is 0.174. The first-order valence-corrected chi connectivity index (χ1v) is 8.93. The highest BCUT2D eigenvalue weighted by atomic mass is 32.1. The van der Waals surface area contributed by atoms with E-state index in [2.05, 4.69) is 63.3 Å². The van der Waals surface area contributed by atoms with Crippen molar-refractivity contribution >= 4 is 16.3 Å². The van der Waals surface area contributed by atoms with Crippen LogP contribution in [0.3, 0.4) is 0 Å². The summed E-state index contributed by atoms with van der Waals surface area (Å²) in [6.07, 6.45) is 0.857. The molecule has 0 saturated carbocycles. The van der Waals surface area contributed by atoms with Crippen molar-refractivity contribution in [1.29, 1.82) is 0 Å². The van der Waals surface area contributed by atoms with Gasteiger partial charge in [-0.25, -0.2) is 4.98 Å². The van der Waals surface area contributed by atoms with Crippen molar-refractivity contribution in [3.8, 4) is 11.3 Å². The van der Waals surface area contributed by atoms with Crippen molar-refractivity contribution in [2.75, 3.05) is 6.54 Å². The first-order chi connectivity index (χ1) is 10.8. The monoisotopic (exact) mass is 327 g/mol. The SMILES string of the molecule is Cc1nc2sc(C)c(-c3ccc(C(C)(C)C)cc3)n2c1CCN. The molecule has 0 aliphatic heterocycles. The Bertz CT molecular complexity index is 832. The molecule has 0 radical (unpaired) electrons. The lowest BCUT2D eigenvalue weighted by atomic mass is 9.86. The second-order valence-electron chi connectivity index (χ2n) is 7.13. The highest BCUT2D eigenvalue weighted by Crippen LogP contribution is 2.34. The highest BCUT2D eigenvalue weighted by molar-refractivity contribution is 7.17. The van der Waals surface area contributed by atoms with Gasteiger partial charge in [0.2, 0.25) is 0 Å². The molecule has 0 saturated heterocycles. The molecule has 3 nitrogen and oxygen atoms in total. The third-order valence-corrected chi connectivity index (χ3v) is 5.31. The van der Waals surface area contributed by atoms with Crippen LogP contribution in [0.1, 0.15) is 42.6 Å². The van der Waals surface area contributed by atoms with E-state index in [0.29, 0.717) is 6.54 Å². The topological polar surface area (TPSA) is 43.3 Å². The molecule has 0 aliphatic rings. The van der Waals surface area contributed by atoms with Gasteiger partial charge >= 0.3 is 0 Å². The van der Waals surface area contributed by atoms with E-state index >= 15 is 0 Å². The fourth-order valence-electron chi connectivity index (χ4n) is 3.07. The zero-order chi connectivity index (χ0) is 16.8. The molecule has 2 heterocycles. The van der Waals surface area contributed by atoms with Crippen LogP contribution in [-0.2, 0) is 11.8 Å². The van der Waals surface area contributed by atoms with Gasteiger partial charge in [-0.15, -0.1) is 11.3 Å². The van der Waals surface area contributed by atoms with Gasteiger partial charge in [0.05, 0.1) is 11.4 Å². The van der Waals surface area contributed by atoms with Crippen LogP contribution in [0.5, 0.6) is 0 Å². The Balaban J connectivity index is 2.17. The number of nitrogens with zero attached hydrogens (tertiary/aromatic N) is 2. The molecule has 3 aromatic rings. The molecule has 2 N–H and O–H groups in total. The minimum Gasteiger partial charge on any atom is -0.330 e. The summed E-state index contributed by atoms with van der Waals surface area (Å²) in [5, 5.41) is 0. The molecule has 4 heteroatoms. The van der Waals surface area contributed by atoms with Crippen LogP contribution in [0.15, 0.2) is 24.3 Å². The standard InChI is InChI=1S/C19H25N3S/c1-12-16(10-11-20)22-17(13(2)23-18(22)21-12)14-6-8-15(9-7-14)19(3,4)5/h6-9H,10-11,20H2,1-5H3. The number of benzene rings is 1. The number of aryl methyl sites for hydroxylation is 2. The van der Waals surface area contributed by atoms with Crippen LogP contribution < -0.4 is 5.73 Å². The average Bonchev–Trinajstić information content (AvgIpc) is 2.94. The summed E-state index contributed by atoms with van der Waals surface area (Å²) >= 11 is 1.76. The van der Waals surface area contributed by atoms with Crippen LogP contribution in [0, 0.1) is 13.8 Å². The highest BCUT2D eigenvalue weighted by Gasteiger charge is 2.19. The lowest BCUT2D eigenvalue weighted by Gasteiger charge is -2.19. The third-order valence-electron chi connectivity index (χ3n) is 4.35. The molecule has 0 unspecified atom stereocenters. The van der Waals surface area contributed by atoms with Crippen molar-refractivity contribution < 1.29 is 0 Å². The molecule has 0 amide bonds. The van der Waals surface area contributed by atoms with Gasteiger partial charge in [-0.2, -0.15) is 0 Å². The molecule has 122 valence electrons. The number of rotatable bonds is 3. The van der Waals surface area contributed by atoms with E-state index in [4.69, 9.17) is 10.7 Å². The zero-order valence-corrected chi connectivity index (χ0v) is 15.4. The smallest absolute Gasteiger partial charge is 0.194 e. The van der Waals surface area contributed by atoms with E-state index in [9.17, 15) is 0 Å². The number of imidazole rings is 1. The fourth-order valence-corrected chi connectivity index (χ4v) is 4.12. The van der Waals surface area contributed by atoms with Crippen molar-refractivity contribution in [3.05, 3.63) is 46.1 Å². The second kappa shape index (κ2) is 5.77. The summed E-state index contributed by atoms with van der Waals surface area (Å²) < 4.78 is 2.30. The Labute approximate surface area is 142 Å². The normalized spacial score (nSPS) is 12.3. The van der Waals surface area contributed by atoms with E-state index in [1.807, 2.05) is 0 Å². The number of thiazole rings is 1. The van der Waals surface area contributed by atoms with E-state index < -0.39 is 0 Å². The average molecular weight is 327 g/mol. The first-order valence-electron chi connectivity index (χ1n) is 8.11. The minimum atomic E-state index is 0.174. The molecule has 0 spiro atoms. The number of nitrogens with two attached hydrogens (primary N) is 1. The molecule has 2 aromatic heterocycles. The maximum atomic E-state index is 5.81. The number of hydrogen-bond donors (Lipinski definition) is 1. The fraction of sp³-hybridized carbons (Fsp3) is 0.421. The van der Waals surface area contributed by atoms with Crippen molar-refractivity contribution in [1.82, 2.24) is 9.38 Å². The maximum absolute atomic E-state index is 5.81. The van der Waals surface area contributed by atoms with Crippen LogP contribution in [0.4, 0.5) is 0 Å². The van der Waals surface area contributed by atoms with Crippen LogP contribution in [-0.4, -0.2) is 15.9 Å². The number of fused-ring (bicyclic) bond motifs is 1. The van der Waals surface area contributed by atoms with Gasteiger partial charge in [0.15, 0.2) is 4.96 Å². The molecular formula is C19H25N3S. The van der Waals surface area contributed by atoms with Crippen LogP contribution in [0.25, 0.3) is 16.2 Å². The quantitative estimate of drug-likeness (QED) is 0.771. The van der Waals surface area contributed by atoms with E-state index in [1.165, 1.54) is 27.4 Å². The molecule has 0 atom stereocenters. The molecule has 23 heavy (non-hydrogen) atoms. The Morgan fingerprint density at radius 2 is 1.78 bits per heavy atom. The summed E-state index contributed by atoms with van der Waals surface area (Å²) in [6.45, 7) is 11.6. The van der Waals surface area contributed by atoms with E-state index in [1.54, 1.807) is 11.3 Å². The summed E-state index contributed by atoms with van der Waals surface area (Å²) in [4.78, 5) is 7.09. The Morgan fingerprint density at radius 3 is 2.35 bits per heavy atom. The zero-order valence-electron chi connectivity index (χ0n) is 14.6. The summed E-state index contributed by atoms with van der Waals surface area (Å²) in [5.41, 5.74) is 12.2. The summed E-state index contributed by atoms with van der Waals surface area (Å²) in [5.74, 6) is 0. The van der Waals surface area contributed by atoms with Crippen LogP contribution >= 0.6 is 11.3 Å². The molecule has 0 aliphatic carbocycles. The lowest BCUT2D eigenvalue weighted by Crippen LogP contribution is -2.10. The van der Waals surface area contributed by atoms with Gasteiger partial charge in [-0.05, 0) is 36.9 Å². The number of aromatic nitrogens is 2. The molecule has 3 rings (SSSR count). The van der Waals surface area contributed by atoms with Gasteiger partial charge in [-0.1, -0.05) is 45.0 Å².